The van der Waals surface area contributed by atoms with Crippen LogP contribution >= 0.6 is 11.6 Å². The van der Waals surface area contributed by atoms with Gasteiger partial charge >= 0.3 is 0 Å². The molecule has 0 bridgehead atoms. The lowest BCUT2D eigenvalue weighted by Crippen LogP contribution is -2.46. The van der Waals surface area contributed by atoms with Crippen LogP contribution in [-0.2, 0) is 5.54 Å². The van der Waals surface area contributed by atoms with Crippen molar-refractivity contribution in [2.45, 2.75) is 24.8 Å². The number of benzene rings is 1. The van der Waals surface area contributed by atoms with Crippen LogP contribution in [0.5, 0.6) is 5.75 Å². The Morgan fingerprint density at radius 1 is 1.38 bits per heavy atom. The summed E-state index contributed by atoms with van der Waals surface area (Å²) in [6, 6.07) is 3.07. The van der Waals surface area contributed by atoms with Gasteiger partial charge in [-0.1, -0.05) is 11.6 Å². The second-order valence-corrected chi connectivity index (χ2v) is 4.77. The lowest BCUT2D eigenvalue weighted by atomic mass is 9.72. The lowest BCUT2D eigenvalue weighted by molar-refractivity contribution is -0.138. The van der Waals surface area contributed by atoms with E-state index in [0.717, 1.165) is 24.3 Å². The molecule has 0 radical (unpaired) electrons. The second kappa shape index (κ2) is 2.90. The highest BCUT2D eigenvalue weighted by Crippen LogP contribution is 2.55. The maximum atomic E-state index is 9.98. The summed E-state index contributed by atoms with van der Waals surface area (Å²) in [5.74, 6) is -0.0538. The fourth-order valence-corrected chi connectivity index (χ4v) is 2.99. The van der Waals surface area contributed by atoms with E-state index in [4.69, 9.17) is 17.0 Å². The first-order valence-corrected chi connectivity index (χ1v) is 5.56. The first-order chi connectivity index (χ1) is 7.58. The van der Waals surface area contributed by atoms with Crippen LogP contribution in [0, 0.1) is 5.41 Å². The Hall–Kier alpha value is -1.26. The molecule has 5 heteroatoms. The molecular weight excluding hydrogens is 228 g/mol. The second-order valence-electron chi connectivity index (χ2n) is 4.36. The maximum Gasteiger partial charge on any atom is 0.157 e. The maximum absolute atomic E-state index is 9.98. The van der Waals surface area contributed by atoms with Gasteiger partial charge in [-0.05, 0) is 31.4 Å². The van der Waals surface area contributed by atoms with Crippen molar-refractivity contribution in [3.63, 3.8) is 0 Å². The topological polar surface area (TPSA) is 67.5 Å². The van der Waals surface area contributed by atoms with Crippen molar-refractivity contribution in [3.05, 3.63) is 28.3 Å². The first-order valence-electron chi connectivity index (χ1n) is 5.18. The molecule has 0 aromatic heterocycles. The van der Waals surface area contributed by atoms with Gasteiger partial charge < -0.3 is 5.11 Å². The number of amidine groups is 1. The van der Waals surface area contributed by atoms with Gasteiger partial charge in [-0.15, -0.1) is 0 Å². The Morgan fingerprint density at radius 2 is 2.06 bits per heavy atom. The number of hydroxylamine groups is 2. The van der Waals surface area contributed by atoms with E-state index in [1.165, 1.54) is 6.07 Å². The zero-order valence-electron chi connectivity index (χ0n) is 8.50. The largest absolute Gasteiger partial charge is 0.507 e. The van der Waals surface area contributed by atoms with E-state index in [0.29, 0.717) is 16.1 Å². The minimum Gasteiger partial charge on any atom is -0.507 e. The zero-order valence-corrected chi connectivity index (χ0v) is 9.25. The van der Waals surface area contributed by atoms with Gasteiger partial charge in [-0.2, -0.15) is 0 Å². The van der Waals surface area contributed by atoms with Gasteiger partial charge in [0.1, 0.15) is 5.75 Å². The predicted molar refractivity (Wildman–Crippen MR) is 59.1 cm³/mol. The van der Waals surface area contributed by atoms with Crippen LogP contribution in [0.15, 0.2) is 12.1 Å². The van der Waals surface area contributed by atoms with Crippen LogP contribution in [0.3, 0.4) is 0 Å². The number of halogens is 1. The number of rotatable bonds is 0. The Morgan fingerprint density at radius 3 is 2.62 bits per heavy atom. The van der Waals surface area contributed by atoms with Crippen molar-refractivity contribution in [1.29, 1.82) is 5.41 Å². The van der Waals surface area contributed by atoms with Crippen molar-refractivity contribution in [2.75, 3.05) is 0 Å². The zero-order chi connectivity index (χ0) is 11.5. The molecule has 1 spiro atoms. The molecule has 1 heterocycles. The van der Waals surface area contributed by atoms with Gasteiger partial charge in [0.2, 0.25) is 0 Å². The summed E-state index contributed by atoms with van der Waals surface area (Å²) in [7, 11) is 0. The highest BCUT2D eigenvalue weighted by Gasteiger charge is 2.54. The summed E-state index contributed by atoms with van der Waals surface area (Å²) < 4.78 is 0. The third-order valence-electron chi connectivity index (χ3n) is 3.63. The van der Waals surface area contributed by atoms with Crippen molar-refractivity contribution in [2.24, 2.45) is 0 Å². The molecular formula is C11H11ClN2O2. The van der Waals surface area contributed by atoms with Gasteiger partial charge in [0, 0.05) is 10.6 Å². The molecule has 0 unspecified atom stereocenters. The molecule has 0 saturated heterocycles. The quantitative estimate of drug-likeness (QED) is 0.650. The Labute approximate surface area is 97.5 Å². The number of phenolic OH excluding ortho intramolecular Hbond substituents is 1. The summed E-state index contributed by atoms with van der Waals surface area (Å²) >= 11 is 6.12. The van der Waals surface area contributed by atoms with E-state index in [2.05, 4.69) is 0 Å². The first kappa shape index (κ1) is 9.93. The number of nitrogens with one attached hydrogen (secondary N) is 1. The molecule has 1 aromatic rings. The normalized spacial score (nSPS) is 21.1. The molecule has 1 saturated carbocycles. The molecule has 1 fully saturated rings. The van der Waals surface area contributed by atoms with Crippen LogP contribution in [0.1, 0.15) is 30.4 Å². The molecule has 3 rings (SSSR count). The number of aromatic hydroxyl groups is 1. The van der Waals surface area contributed by atoms with Gasteiger partial charge in [0.05, 0.1) is 11.1 Å². The SMILES string of the molecule is N=C1c2c(O)ccc(Cl)c2C2(CCC2)N1O. The molecule has 1 aliphatic heterocycles. The van der Waals surface area contributed by atoms with E-state index in [-0.39, 0.29) is 11.6 Å². The molecule has 0 amide bonds. The van der Waals surface area contributed by atoms with Crippen LogP contribution in [0.2, 0.25) is 5.02 Å². The third-order valence-corrected chi connectivity index (χ3v) is 3.95. The Bertz CT molecular complexity index is 497. The Kier molecular flexibility index (Phi) is 1.80. The minimum absolute atomic E-state index is 0.00669. The van der Waals surface area contributed by atoms with Crippen molar-refractivity contribution in [3.8, 4) is 5.75 Å². The van der Waals surface area contributed by atoms with Crippen LogP contribution in [0.25, 0.3) is 0 Å². The minimum atomic E-state index is -0.567. The highest BCUT2D eigenvalue weighted by molar-refractivity contribution is 6.32. The number of phenols is 1. The van der Waals surface area contributed by atoms with Gasteiger partial charge in [0.15, 0.2) is 5.84 Å². The fraction of sp³-hybridized carbons (Fsp3) is 0.364. The lowest BCUT2D eigenvalue weighted by Gasteiger charge is -2.43. The van der Waals surface area contributed by atoms with Crippen LogP contribution < -0.4 is 0 Å². The van der Waals surface area contributed by atoms with Gasteiger partial charge in [0.25, 0.3) is 0 Å². The highest BCUT2D eigenvalue weighted by atomic mass is 35.5. The van der Waals surface area contributed by atoms with E-state index < -0.39 is 5.54 Å². The number of fused-ring (bicyclic) bond motifs is 2. The van der Waals surface area contributed by atoms with Gasteiger partial charge in [-0.3, -0.25) is 10.6 Å². The molecule has 2 aliphatic rings. The number of hydrogen-bond acceptors (Lipinski definition) is 3. The third kappa shape index (κ3) is 0.918. The molecule has 4 nitrogen and oxygen atoms in total. The monoisotopic (exact) mass is 238 g/mol. The molecule has 3 N–H and O–H groups in total. The fourth-order valence-electron chi connectivity index (χ4n) is 2.66. The van der Waals surface area contributed by atoms with Crippen molar-refractivity contribution in [1.82, 2.24) is 5.06 Å². The number of hydrogen-bond donors (Lipinski definition) is 3. The smallest absolute Gasteiger partial charge is 0.157 e. The van der Waals surface area contributed by atoms with Crippen LogP contribution in [0.4, 0.5) is 0 Å². The summed E-state index contributed by atoms with van der Waals surface area (Å²) in [6.45, 7) is 0. The van der Waals surface area contributed by atoms with E-state index in [1.54, 1.807) is 6.07 Å². The average molecular weight is 239 g/mol. The van der Waals surface area contributed by atoms with Crippen molar-refractivity contribution < 1.29 is 10.3 Å². The predicted octanol–water partition coefficient (Wildman–Crippen LogP) is 2.45. The summed E-state index contributed by atoms with van der Waals surface area (Å²) in [5.41, 5.74) is 0.505. The molecule has 1 aromatic carbocycles. The summed E-state index contributed by atoms with van der Waals surface area (Å²) in [5, 5.41) is 29.0. The average Bonchev–Trinajstić information content (AvgIpc) is 2.44. The Balaban J connectivity index is 2.32. The molecule has 0 atom stereocenters. The number of nitrogens with zero attached hydrogens (tertiary/aromatic N) is 1. The van der Waals surface area contributed by atoms with E-state index in [9.17, 15) is 10.3 Å². The standard InChI is InChI=1S/C11H11ClN2O2/c12-6-2-3-7(15)8-9(6)11(4-1-5-11)14(16)10(8)13/h2-3,13,15-16H,1,4-5H2. The van der Waals surface area contributed by atoms with Crippen LogP contribution in [-0.4, -0.2) is 21.2 Å². The van der Waals surface area contributed by atoms with E-state index >= 15 is 0 Å². The summed E-state index contributed by atoms with van der Waals surface area (Å²) in [4.78, 5) is 0. The van der Waals surface area contributed by atoms with E-state index in [1.807, 2.05) is 0 Å². The molecule has 1 aliphatic carbocycles. The molecule has 84 valence electrons. The molecule has 16 heavy (non-hydrogen) atoms. The van der Waals surface area contributed by atoms with Gasteiger partial charge in [-0.25, -0.2) is 5.06 Å². The van der Waals surface area contributed by atoms with Crippen molar-refractivity contribution >= 4 is 17.4 Å². The summed E-state index contributed by atoms with van der Waals surface area (Å²) in [6.07, 6.45) is 2.53.